The first-order valence-corrected chi connectivity index (χ1v) is 9.27. The van der Waals surface area contributed by atoms with Gasteiger partial charge in [0.2, 0.25) is 0 Å². The van der Waals surface area contributed by atoms with Crippen molar-refractivity contribution in [3.05, 3.63) is 35.1 Å². The zero-order valence-electron chi connectivity index (χ0n) is 17.3. The minimum atomic E-state index is -0.801. The number of rotatable bonds is 8. The molecule has 0 saturated heterocycles. The van der Waals surface area contributed by atoms with E-state index in [1.807, 2.05) is 13.8 Å². The van der Waals surface area contributed by atoms with Crippen molar-refractivity contribution in [1.82, 2.24) is 5.32 Å². The number of amides is 1. The van der Waals surface area contributed by atoms with E-state index in [-0.39, 0.29) is 30.4 Å². The molecule has 0 bridgehead atoms. The van der Waals surface area contributed by atoms with Gasteiger partial charge in [-0.1, -0.05) is 19.9 Å². The van der Waals surface area contributed by atoms with E-state index in [9.17, 15) is 14.0 Å². The van der Waals surface area contributed by atoms with Crippen molar-refractivity contribution >= 4 is 12.4 Å². The van der Waals surface area contributed by atoms with Gasteiger partial charge >= 0.3 is 6.09 Å². The van der Waals surface area contributed by atoms with Crippen molar-refractivity contribution in [1.29, 1.82) is 0 Å². The van der Waals surface area contributed by atoms with Crippen molar-refractivity contribution in [3.63, 3.8) is 0 Å². The van der Waals surface area contributed by atoms with Crippen LogP contribution in [0.3, 0.4) is 0 Å². The lowest BCUT2D eigenvalue weighted by atomic mass is 9.82. The third kappa shape index (κ3) is 7.67. The SMILES string of the molecule is Cc1cc(F)ccc1[C@H](C(C)C)[C@H](C)OCC(C=O)NC(=O)OC(C)(C)C. The Bertz CT molecular complexity index is 640. The first-order chi connectivity index (χ1) is 12.4. The van der Waals surface area contributed by atoms with Gasteiger partial charge in [-0.25, -0.2) is 9.18 Å². The zero-order chi connectivity index (χ0) is 20.8. The summed E-state index contributed by atoms with van der Waals surface area (Å²) in [6.07, 6.45) is -0.257. The summed E-state index contributed by atoms with van der Waals surface area (Å²) in [4.78, 5) is 23.1. The van der Waals surface area contributed by atoms with E-state index in [0.29, 0.717) is 6.29 Å². The fourth-order valence-corrected chi connectivity index (χ4v) is 3.10. The van der Waals surface area contributed by atoms with Crippen LogP contribution in [0.2, 0.25) is 0 Å². The summed E-state index contributed by atoms with van der Waals surface area (Å²) in [7, 11) is 0. The van der Waals surface area contributed by atoms with Gasteiger partial charge in [0.1, 0.15) is 23.7 Å². The van der Waals surface area contributed by atoms with Crippen LogP contribution in [-0.2, 0) is 14.3 Å². The Balaban J connectivity index is 2.76. The number of aldehydes is 1. The van der Waals surface area contributed by atoms with E-state index in [2.05, 4.69) is 19.2 Å². The van der Waals surface area contributed by atoms with Crippen molar-refractivity contribution in [3.8, 4) is 0 Å². The smallest absolute Gasteiger partial charge is 0.408 e. The molecule has 0 fully saturated rings. The topological polar surface area (TPSA) is 64.6 Å². The highest BCUT2D eigenvalue weighted by Gasteiger charge is 2.26. The van der Waals surface area contributed by atoms with Gasteiger partial charge in [-0.3, -0.25) is 0 Å². The quantitative estimate of drug-likeness (QED) is 0.679. The lowest BCUT2D eigenvalue weighted by Crippen LogP contribution is -2.43. The van der Waals surface area contributed by atoms with Gasteiger partial charge in [0, 0.05) is 5.92 Å². The molecule has 1 rings (SSSR count). The van der Waals surface area contributed by atoms with Crippen molar-refractivity contribution < 1.29 is 23.5 Å². The number of hydrogen-bond acceptors (Lipinski definition) is 4. The van der Waals surface area contributed by atoms with Gasteiger partial charge in [-0.2, -0.15) is 0 Å². The maximum Gasteiger partial charge on any atom is 0.408 e. The highest BCUT2D eigenvalue weighted by Crippen LogP contribution is 2.32. The van der Waals surface area contributed by atoms with Crippen molar-refractivity contribution in [2.24, 2.45) is 5.92 Å². The molecule has 1 aromatic carbocycles. The number of aryl methyl sites for hydroxylation is 1. The Labute approximate surface area is 161 Å². The molecule has 5 nitrogen and oxygen atoms in total. The molecule has 1 amide bonds. The number of alkyl carbamates (subject to hydrolysis) is 1. The van der Waals surface area contributed by atoms with Crippen LogP contribution in [0.25, 0.3) is 0 Å². The minimum Gasteiger partial charge on any atom is -0.444 e. The number of halogens is 1. The molecule has 152 valence electrons. The summed E-state index contributed by atoms with van der Waals surface area (Å²) in [6, 6.07) is 3.94. The molecule has 27 heavy (non-hydrogen) atoms. The van der Waals surface area contributed by atoms with E-state index in [1.165, 1.54) is 12.1 Å². The largest absolute Gasteiger partial charge is 0.444 e. The van der Waals surface area contributed by atoms with Crippen LogP contribution in [0.15, 0.2) is 18.2 Å². The first kappa shape index (κ1) is 23.1. The Morgan fingerprint density at radius 1 is 1.26 bits per heavy atom. The van der Waals surface area contributed by atoms with Crippen LogP contribution in [0, 0.1) is 18.7 Å². The number of carbonyl (C=O) groups is 2. The number of ether oxygens (including phenoxy) is 2. The highest BCUT2D eigenvalue weighted by atomic mass is 19.1. The maximum absolute atomic E-state index is 13.4. The zero-order valence-corrected chi connectivity index (χ0v) is 17.3. The third-order valence-corrected chi connectivity index (χ3v) is 4.22. The normalized spacial score (nSPS) is 15.1. The van der Waals surface area contributed by atoms with Crippen LogP contribution < -0.4 is 5.32 Å². The second-order valence-corrected chi connectivity index (χ2v) is 8.20. The molecule has 0 spiro atoms. The summed E-state index contributed by atoms with van der Waals surface area (Å²) in [5, 5.41) is 2.50. The van der Waals surface area contributed by atoms with Gasteiger partial charge in [0.15, 0.2) is 0 Å². The Kier molecular flexibility index (Phi) is 8.41. The molecule has 1 N–H and O–H groups in total. The molecule has 0 saturated carbocycles. The van der Waals surface area contributed by atoms with E-state index in [1.54, 1.807) is 26.8 Å². The maximum atomic E-state index is 13.4. The lowest BCUT2D eigenvalue weighted by Gasteiger charge is -2.30. The summed E-state index contributed by atoms with van der Waals surface area (Å²) in [5.41, 5.74) is 1.23. The fraction of sp³-hybridized carbons (Fsp3) is 0.619. The number of hydrogen-bond donors (Lipinski definition) is 1. The molecular formula is C21H32FNO4. The van der Waals surface area contributed by atoms with Gasteiger partial charge in [0.25, 0.3) is 0 Å². The summed E-state index contributed by atoms with van der Waals surface area (Å²) >= 11 is 0. The van der Waals surface area contributed by atoms with E-state index >= 15 is 0 Å². The second kappa shape index (κ2) is 9.83. The minimum absolute atomic E-state index is 0.0272. The van der Waals surface area contributed by atoms with Gasteiger partial charge in [0.05, 0.1) is 12.7 Å². The van der Waals surface area contributed by atoms with Gasteiger partial charge in [-0.05, 0) is 63.8 Å². The molecular weight excluding hydrogens is 349 g/mol. The predicted octanol–water partition coefficient (Wildman–Crippen LogP) is 4.37. The Morgan fingerprint density at radius 3 is 2.37 bits per heavy atom. The average molecular weight is 381 g/mol. The standard InChI is InChI=1S/C21H32FNO4/c1-13(2)19(18-9-8-16(22)10-14(18)3)15(4)26-12-17(11-24)23-20(25)27-21(5,6)7/h8-11,13,15,17,19H,12H2,1-7H3,(H,23,25)/t15-,17?,19+/m0/s1. The molecule has 0 radical (unpaired) electrons. The van der Waals surface area contributed by atoms with Crippen LogP contribution in [0.1, 0.15) is 58.6 Å². The first-order valence-electron chi connectivity index (χ1n) is 9.27. The lowest BCUT2D eigenvalue weighted by molar-refractivity contribution is -0.111. The third-order valence-electron chi connectivity index (χ3n) is 4.22. The predicted molar refractivity (Wildman–Crippen MR) is 103 cm³/mol. The Morgan fingerprint density at radius 2 is 1.89 bits per heavy atom. The summed E-state index contributed by atoms with van der Waals surface area (Å²) < 4.78 is 24.5. The Hall–Kier alpha value is -1.95. The number of nitrogens with one attached hydrogen (secondary N) is 1. The molecule has 0 aliphatic heterocycles. The molecule has 0 aromatic heterocycles. The molecule has 0 aliphatic carbocycles. The van der Waals surface area contributed by atoms with E-state index < -0.39 is 17.7 Å². The molecule has 0 aliphatic rings. The molecule has 3 atom stereocenters. The molecule has 0 heterocycles. The second-order valence-electron chi connectivity index (χ2n) is 8.20. The monoisotopic (exact) mass is 381 g/mol. The highest BCUT2D eigenvalue weighted by molar-refractivity contribution is 5.73. The van der Waals surface area contributed by atoms with Gasteiger partial charge < -0.3 is 19.6 Å². The van der Waals surface area contributed by atoms with Crippen LogP contribution in [-0.4, -0.2) is 36.7 Å². The number of benzene rings is 1. The molecule has 6 heteroatoms. The van der Waals surface area contributed by atoms with Crippen molar-refractivity contribution in [2.75, 3.05) is 6.61 Å². The summed E-state index contributed by atoms with van der Waals surface area (Å²) in [6.45, 7) is 13.2. The van der Waals surface area contributed by atoms with Crippen LogP contribution in [0.4, 0.5) is 9.18 Å². The van der Waals surface area contributed by atoms with E-state index in [4.69, 9.17) is 9.47 Å². The average Bonchev–Trinajstić information content (AvgIpc) is 2.51. The molecule has 1 aromatic rings. The van der Waals surface area contributed by atoms with Crippen LogP contribution >= 0.6 is 0 Å². The molecule has 1 unspecified atom stereocenters. The number of carbonyl (C=O) groups excluding carboxylic acids is 2. The van der Waals surface area contributed by atoms with Crippen molar-refractivity contribution in [2.45, 2.75) is 72.1 Å². The van der Waals surface area contributed by atoms with E-state index in [0.717, 1.165) is 11.1 Å². The summed E-state index contributed by atoms with van der Waals surface area (Å²) in [5.74, 6) is 0.00648. The van der Waals surface area contributed by atoms with Crippen LogP contribution in [0.5, 0.6) is 0 Å². The fourth-order valence-electron chi connectivity index (χ4n) is 3.10. The van der Waals surface area contributed by atoms with Gasteiger partial charge in [-0.15, -0.1) is 0 Å².